The van der Waals surface area contributed by atoms with Gasteiger partial charge in [0.25, 0.3) is 5.56 Å². The lowest BCUT2D eigenvalue weighted by Gasteiger charge is -1.94. The van der Waals surface area contributed by atoms with Crippen molar-refractivity contribution >= 4 is 5.97 Å². The van der Waals surface area contributed by atoms with Gasteiger partial charge in [0, 0.05) is 6.07 Å². The average Bonchev–Trinajstić information content (AvgIpc) is 2.21. The molecule has 15 heavy (non-hydrogen) atoms. The number of esters is 1. The van der Waals surface area contributed by atoms with Gasteiger partial charge in [-0.3, -0.25) is 9.59 Å². The van der Waals surface area contributed by atoms with Crippen LogP contribution < -0.4 is 5.56 Å². The van der Waals surface area contributed by atoms with Crippen molar-refractivity contribution in [3.8, 4) is 11.8 Å². The fourth-order valence-corrected chi connectivity index (χ4v) is 0.833. The fourth-order valence-electron chi connectivity index (χ4n) is 0.833. The lowest BCUT2D eigenvalue weighted by atomic mass is 10.3. The summed E-state index contributed by atoms with van der Waals surface area (Å²) in [6.45, 7) is 2.08. The van der Waals surface area contributed by atoms with Crippen LogP contribution in [0.15, 0.2) is 16.9 Å². The molecule has 0 radical (unpaired) electrons. The smallest absolute Gasteiger partial charge is 0.317 e. The van der Waals surface area contributed by atoms with Crippen molar-refractivity contribution in [1.82, 2.24) is 10.2 Å². The van der Waals surface area contributed by atoms with Crippen LogP contribution in [0.1, 0.15) is 19.0 Å². The van der Waals surface area contributed by atoms with E-state index in [9.17, 15) is 9.59 Å². The van der Waals surface area contributed by atoms with Gasteiger partial charge in [0.15, 0.2) is 0 Å². The molecule has 0 saturated heterocycles. The van der Waals surface area contributed by atoms with Crippen LogP contribution in [0.5, 0.6) is 0 Å². The molecule has 0 aliphatic heterocycles. The van der Waals surface area contributed by atoms with E-state index in [1.54, 1.807) is 6.92 Å². The molecule has 0 fully saturated rings. The third kappa shape index (κ3) is 4.09. The first-order valence-corrected chi connectivity index (χ1v) is 4.42. The number of hydrogen-bond donors (Lipinski definition) is 1. The molecular formula is C10H10N2O3. The molecule has 78 valence electrons. The summed E-state index contributed by atoms with van der Waals surface area (Å²) in [5.74, 6) is 4.86. The molecule has 0 atom stereocenters. The maximum atomic E-state index is 10.9. The number of carbonyl (C=O) groups is 1. The Bertz CT molecular complexity index is 433. The molecule has 0 saturated carbocycles. The minimum atomic E-state index is -0.366. The van der Waals surface area contributed by atoms with Crippen LogP contribution in [0.3, 0.4) is 0 Å². The van der Waals surface area contributed by atoms with Gasteiger partial charge in [0.2, 0.25) is 0 Å². The Morgan fingerprint density at radius 3 is 3.00 bits per heavy atom. The Morgan fingerprint density at radius 1 is 1.60 bits per heavy atom. The number of H-pyrrole nitrogens is 1. The molecule has 1 N–H and O–H groups in total. The van der Waals surface area contributed by atoms with Crippen LogP contribution in [0, 0.1) is 11.8 Å². The first-order valence-electron chi connectivity index (χ1n) is 4.42. The van der Waals surface area contributed by atoms with Crippen molar-refractivity contribution in [1.29, 1.82) is 0 Å². The highest BCUT2D eigenvalue weighted by atomic mass is 16.5. The maximum Gasteiger partial charge on any atom is 0.317 e. The highest BCUT2D eigenvalue weighted by Crippen LogP contribution is 1.87. The molecule has 0 spiro atoms. The normalized spacial score (nSPS) is 8.87. The van der Waals surface area contributed by atoms with E-state index in [0.717, 1.165) is 0 Å². The second-order valence-corrected chi connectivity index (χ2v) is 2.59. The van der Waals surface area contributed by atoms with E-state index in [4.69, 9.17) is 0 Å². The largest absolute Gasteiger partial charge is 0.465 e. The van der Waals surface area contributed by atoms with E-state index in [0.29, 0.717) is 12.3 Å². The number of hydrogen-bond acceptors (Lipinski definition) is 4. The first kappa shape index (κ1) is 11.0. The van der Waals surface area contributed by atoms with E-state index < -0.39 is 0 Å². The first-order chi connectivity index (χ1) is 7.22. The molecule has 0 aliphatic carbocycles. The van der Waals surface area contributed by atoms with Crippen molar-refractivity contribution in [3.63, 3.8) is 0 Å². The predicted molar refractivity (Wildman–Crippen MR) is 53.0 cm³/mol. The Morgan fingerprint density at radius 2 is 2.40 bits per heavy atom. The van der Waals surface area contributed by atoms with E-state index in [-0.39, 0.29) is 17.9 Å². The quantitative estimate of drug-likeness (QED) is 0.549. The number of aromatic nitrogens is 2. The lowest BCUT2D eigenvalue weighted by Crippen LogP contribution is -2.06. The number of ether oxygens (including phenoxy) is 1. The second kappa shape index (κ2) is 5.60. The van der Waals surface area contributed by atoms with Crippen LogP contribution >= 0.6 is 0 Å². The maximum absolute atomic E-state index is 10.9. The Labute approximate surface area is 86.5 Å². The van der Waals surface area contributed by atoms with Crippen LogP contribution in [-0.2, 0) is 9.53 Å². The zero-order valence-electron chi connectivity index (χ0n) is 8.24. The summed E-state index contributed by atoms with van der Waals surface area (Å²) in [5, 5.41) is 5.90. The van der Waals surface area contributed by atoms with Crippen molar-refractivity contribution < 1.29 is 9.53 Å². The van der Waals surface area contributed by atoms with Crippen LogP contribution in [0.25, 0.3) is 0 Å². The van der Waals surface area contributed by atoms with Crippen molar-refractivity contribution in [2.24, 2.45) is 0 Å². The molecule has 0 aliphatic rings. The average molecular weight is 206 g/mol. The van der Waals surface area contributed by atoms with Gasteiger partial charge in [-0.25, -0.2) is 5.10 Å². The molecule has 5 nitrogen and oxygen atoms in total. The van der Waals surface area contributed by atoms with E-state index in [1.807, 2.05) is 0 Å². The van der Waals surface area contributed by atoms with Gasteiger partial charge >= 0.3 is 5.97 Å². The molecule has 0 unspecified atom stereocenters. The number of nitrogens with zero attached hydrogens (tertiary/aromatic N) is 1. The fraction of sp³-hybridized carbons (Fsp3) is 0.300. The van der Waals surface area contributed by atoms with Crippen LogP contribution in [0.2, 0.25) is 0 Å². The summed E-state index contributed by atoms with van der Waals surface area (Å²) < 4.78 is 4.68. The van der Waals surface area contributed by atoms with Gasteiger partial charge in [-0.2, -0.15) is 5.10 Å². The summed E-state index contributed by atoms with van der Waals surface area (Å²) in [6.07, 6.45) is 0.0225. The minimum absolute atomic E-state index is 0.0225. The summed E-state index contributed by atoms with van der Waals surface area (Å²) in [6, 6.07) is 2.80. The van der Waals surface area contributed by atoms with E-state index >= 15 is 0 Å². The predicted octanol–water partition coefficient (Wildman–Crippen LogP) is 0.0746. The molecule has 0 aromatic carbocycles. The van der Waals surface area contributed by atoms with Gasteiger partial charge in [-0.05, 0) is 18.9 Å². The van der Waals surface area contributed by atoms with Crippen molar-refractivity contribution in [2.75, 3.05) is 6.61 Å². The molecule has 1 rings (SSSR count). The third-order valence-corrected chi connectivity index (χ3v) is 1.43. The molecule has 0 amide bonds. The lowest BCUT2D eigenvalue weighted by molar-refractivity contribution is -0.141. The molecule has 1 heterocycles. The third-order valence-electron chi connectivity index (χ3n) is 1.43. The highest BCUT2D eigenvalue weighted by Gasteiger charge is 1.96. The number of rotatable bonds is 2. The molecule has 5 heteroatoms. The number of nitrogens with one attached hydrogen (secondary N) is 1. The van der Waals surface area contributed by atoms with Gasteiger partial charge < -0.3 is 4.74 Å². The van der Waals surface area contributed by atoms with Gasteiger partial charge in [0.05, 0.1) is 6.61 Å². The van der Waals surface area contributed by atoms with E-state index in [1.165, 1.54) is 12.1 Å². The van der Waals surface area contributed by atoms with Crippen LogP contribution in [-0.4, -0.2) is 22.8 Å². The topological polar surface area (TPSA) is 72.1 Å². The van der Waals surface area contributed by atoms with Crippen LogP contribution in [0.4, 0.5) is 0 Å². The van der Waals surface area contributed by atoms with Crippen molar-refractivity contribution in [3.05, 3.63) is 28.2 Å². The van der Waals surface area contributed by atoms with E-state index in [2.05, 4.69) is 26.8 Å². The summed E-state index contributed by atoms with van der Waals surface area (Å²) >= 11 is 0. The molecule has 0 bridgehead atoms. The van der Waals surface area contributed by atoms with Crippen molar-refractivity contribution in [2.45, 2.75) is 13.3 Å². The standard InChI is InChI=1S/C10H10N2O3/c1-2-15-10(14)5-3-4-8-6-7-9(13)12-11-8/h6-7H,2,5H2,1H3,(H,12,13). The zero-order valence-corrected chi connectivity index (χ0v) is 8.24. The van der Waals surface area contributed by atoms with Gasteiger partial charge in [-0.1, -0.05) is 5.92 Å². The summed E-state index contributed by atoms with van der Waals surface area (Å²) in [5.41, 5.74) is 0.129. The molecular weight excluding hydrogens is 196 g/mol. The summed E-state index contributed by atoms with van der Waals surface area (Å²) in [7, 11) is 0. The molecule has 1 aromatic rings. The number of carbonyl (C=O) groups excluding carboxylic acids is 1. The summed E-state index contributed by atoms with van der Waals surface area (Å²) in [4.78, 5) is 21.5. The Hall–Kier alpha value is -2.09. The molecule has 1 aromatic heterocycles. The zero-order chi connectivity index (χ0) is 11.1. The number of aromatic amines is 1. The Kier molecular flexibility index (Phi) is 4.10. The highest BCUT2D eigenvalue weighted by molar-refractivity contribution is 5.72. The Balaban J connectivity index is 2.55. The minimum Gasteiger partial charge on any atom is -0.465 e. The monoisotopic (exact) mass is 206 g/mol. The van der Waals surface area contributed by atoms with Gasteiger partial charge in [-0.15, -0.1) is 0 Å². The van der Waals surface area contributed by atoms with Gasteiger partial charge in [0.1, 0.15) is 12.1 Å². The second-order valence-electron chi connectivity index (χ2n) is 2.59. The SMILES string of the molecule is CCOC(=O)CC#Cc1ccc(=O)[nH]n1.